The van der Waals surface area contributed by atoms with E-state index in [4.69, 9.17) is 0 Å². The van der Waals surface area contributed by atoms with E-state index in [1.165, 1.54) is 34.3 Å². The SMILES string of the molecule is Cc1cc2nnc(SCc3ccccc3F)n2c2c(C)cccc12. The average Bonchev–Trinajstić information content (AvgIpc) is 2.97. The van der Waals surface area contributed by atoms with Crippen molar-refractivity contribution in [2.24, 2.45) is 0 Å². The summed E-state index contributed by atoms with van der Waals surface area (Å²) in [5.74, 6) is 0.338. The Bertz CT molecular complexity index is 1060. The van der Waals surface area contributed by atoms with Crippen LogP contribution in [0.15, 0.2) is 53.7 Å². The smallest absolute Gasteiger partial charge is 0.196 e. The fourth-order valence-corrected chi connectivity index (χ4v) is 3.91. The first kappa shape index (κ1) is 15.1. The number of para-hydroxylation sites is 1. The number of pyridine rings is 1. The van der Waals surface area contributed by atoms with Crippen LogP contribution in [0.4, 0.5) is 4.39 Å². The van der Waals surface area contributed by atoms with Crippen molar-refractivity contribution in [3.8, 4) is 0 Å². The minimum atomic E-state index is -0.185. The summed E-state index contributed by atoms with van der Waals surface area (Å²) in [5, 5.41) is 10.6. The number of nitrogens with zero attached hydrogens (tertiary/aromatic N) is 3. The molecule has 0 atom stereocenters. The number of hydrogen-bond acceptors (Lipinski definition) is 3. The van der Waals surface area contributed by atoms with E-state index in [-0.39, 0.29) is 5.82 Å². The normalized spacial score (nSPS) is 11.5. The van der Waals surface area contributed by atoms with Gasteiger partial charge in [0.1, 0.15) is 5.82 Å². The molecule has 0 amide bonds. The average molecular weight is 337 g/mol. The number of aromatic nitrogens is 3. The first-order chi connectivity index (χ1) is 11.6. The van der Waals surface area contributed by atoms with Gasteiger partial charge < -0.3 is 0 Å². The first-order valence-electron chi connectivity index (χ1n) is 7.75. The van der Waals surface area contributed by atoms with Crippen LogP contribution in [0.2, 0.25) is 0 Å². The molecular formula is C19H16FN3S. The van der Waals surface area contributed by atoms with Crippen molar-refractivity contribution in [1.82, 2.24) is 14.6 Å². The molecule has 4 aromatic rings. The Morgan fingerprint density at radius 1 is 1.00 bits per heavy atom. The molecule has 2 aromatic heterocycles. The van der Waals surface area contributed by atoms with Gasteiger partial charge in [-0.25, -0.2) is 4.39 Å². The number of hydrogen-bond donors (Lipinski definition) is 0. The molecular weight excluding hydrogens is 321 g/mol. The molecule has 0 bridgehead atoms. The number of fused-ring (bicyclic) bond motifs is 3. The highest BCUT2D eigenvalue weighted by molar-refractivity contribution is 7.98. The monoisotopic (exact) mass is 337 g/mol. The van der Waals surface area contributed by atoms with Gasteiger partial charge in [-0.15, -0.1) is 10.2 Å². The predicted octanol–water partition coefficient (Wildman–Crippen LogP) is 4.93. The molecule has 0 aliphatic carbocycles. The quantitative estimate of drug-likeness (QED) is 0.497. The molecule has 4 rings (SSSR count). The van der Waals surface area contributed by atoms with Crippen LogP contribution >= 0.6 is 11.8 Å². The van der Waals surface area contributed by atoms with Crippen LogP contribution in [0.5, 0.6) is 0 Å². The summed E-state index contributed by atoms with van der Waals surface area (Å²) in [6.45, 7) is 4.18. The molecule has 0 fully saturated rings. The van der Waals surface area contributed by atoms with Crippen molar-refractivity contribution in [2.45, 2.75) is 24.8 Å². The molecule has 0 radical (unpaired) electrons. The van der Waals surface area contributed by atoms with E-state index < -0.39 is 0 Å². The Morgan fingerprint density at radius 3 is 2.67 bits per heavy atom. The Balaban J connectivity index is 1.84. The summed E-state index contributed by atoms with van der Waals surface area (Å²) < 4.78 is 15.9. The minimum Gasteiger partial charge on any atom is -0.270 e. The van der Waals surface area contributed by atoms with Gasteiger partial charge in [0.05, 0.1) is 5.52 Å². The van der Waals surface area contributed by atoms with Crippen LogP contribution in [0, 0.1) is 19.7 Å². The number of rotatable bonds is 3. The molecule has 3 nitrogen and oxygen atoms in total. The second-order valence-corrected chi connectivity index (χ2v) is 6.80. The van der Waals surface area contributed by atoms with E-state index >= 15 is 0 Å². The molecule has 0 spiro atoms. The number of halogens is 1. The van der Waals surface area contributed by atoms with Gasteiger partial charge in [0, 0.05) is 11.1 Å². The number of thioether (sulfide) groups is 1. The van der Waals surface area contributed by atoms with Crippen LogP contribution in [0.3, 0.4) is 0 Å². The van der Waals surface area contributed by atoms with E-state index in [9.17, 15) is 4.39 Å². The zero-order valence-electron chi connectivity index (χ0n) is 13.5. The highest BCUT2D eigenvalue weighted by Gasteiger charge is 2.13. The second-order valence-electron chi connectivity index (χ2n) is 5.85. The minimum absolute atomic E-state index is 0.185. The van der Waals surface area contributed by atoms with Crippen molar-refractivity contribution in [2.75, 3.05) is 0 Å². The van der Waals surface area contributed by atoms with Gasteiger partial charge in [-0.2, -0.15) is 0 Å². The maximum absolute atomic E-state index is 13.8. The van der Waals surface area contributed by atoms with Gasteiger partial charge in [-0.05, 0) is 42.7 Å². The lowest BCUT2D eigenvalue weighted by Gasteiger charge is -2.10. The molecule has 0 aliphatic rings. The Kier molecular flexibility index (Phi) is 3.73. The van der Waals surface area contributed by atoms with E-state index in [1.54, 1.807) is 12.1 Å². The number of aryl methyl sites for hydroxylation is 2. The third-order valence-electron chi connectivity index (χ3n) is 4.20. The van der Waals surface area contributed by atoms with E-state index in [1.807, 2.05) is 12.1 Å². The summed E-state index contributed by atoms with van der Waals surface area (Å²) in [6, 6.07) is 15.2. The molecule has 0 saturated heterocycles. The van der Waals surface area contributed by atoms with Gasteiger partial charge in [-0.1, -0.05) is 48.2 Å². The summed E-state index contributed by atoms with van der Waals surface area (Å²) >= 11 is 1.50. The van der Waals surface area contributed by atoms with Gasteiger partial charge in [0.2, 0.25) is 0 Å². The van der Waals surface area contributed by atoms with Gasteiger partial charge in [-0.3, -0.25) is 4.40 Å². The Hall–Kier alpha value is -2.40. The van der Waals surface area contributed by atoms with Crippen molar-refractivity contribution >= 4 is 28.3 Å². The van der Waals surface area contributed by atoms with E-state index in [2.05, 4.69) is 46.6 Å². The van der Waals surface area contributed by atoms with E-state index in [0.29, 0.717) is 11.3 Å². The van der Waals surface area contributed by atoms with Crippen LogP contribution in [-0.4, -0.2) is 14.6 Å². The summed E-state index contributed by atoms with van der Waals surface area (Å²) in [5.41, 5.74) is 4.97. The number of benzene rings is 2. The summed E-state index contributed by atoms with van der Waals surface area (Å²) in [6.07, 6.45) is 0. The van der Waals surface area contributed by atoms with Crippen molar-refractivity contribution in [3.05, 3.63) is 71.0 Å². The molecule has 2 heterocycles. The molecule has 0 N–H and O–H groups in total. The van der Waals surface area contributed by atoms with Crippen LogP contribution in [0.1, 0.15) is 16.7 Å². The third-order valence-corrected chi connectivity index (χ3v) is 5.18. The zero-order chi connectivity index (χ0) is 16.7. The highest BCUT2D eigenvalue weighted by Crippen LogP contribution is 2.29. The highest BCUT2D eigenvalue weighted by atomic mass is 32.2. The molecule has 120 valence electrons. The van der Waals surface area contributed by atoms with Gasteiger partial charge in [0.25, 0.3) is 0 Å². The van der Waals surface area contributed by atoms with Crippen LogP contribution in [-0.2, 0) is 5.75 Å². The molecule has 5 heteroatoms. The topological polar surface area (TPSA) is 30.2 Å². The van der Waals surface area contributed by atoms with Crippen molar-refractivity contribution < 1.29 is 4.39 Å². The molecule has 0 unspecified atom stereocenters. The summed E-state index contributed by atoms with van der Waals surface area (Å²) in [7, 11) is 0. The maximum Gasteiger partial charge on any atom is 0.196 e. The van der Waals surface area contributed by atoms with Gasteiger partial charge in [0.15, 0.2) is 10.8 Å². The van der Waals surface area contributed by atoms with Crippen LogP contribution in [0.25, 0.3) is 16.6 Å². The maximum atomic E-state index is 13.8. The van der Waals surface area contributed by atoms with Crippen LogP contribution < -0.4 is 0 Å². The lowest BCUT2D eigenvalue weighted by molar-refractivity contribution is 0.617. The first-order valence-corrected chi connectivity index (χ1v) is 8.74. The zero-order valence-corrected chi connectivity index (χ0v) is 14.3. The van der Waals surface area contributed by atoms with Crippen molar-refractivity contribution in [1.29, 1.82) is 0 Å². The largest absolute Gasteiger partial charge is 0.270 e. The van der Waals surface area contributed by atoms with Gasteiger partial charge >= 0.3 is 0 Å². The predicted molar refractivity (Wildman–Crippen MR) is 95.9 cm³/mol. The lowest BCUT2D eigenvalue weighted by atomic mass is 10.1. The standard InChI is InChI=1S/C19H16FN3S/c1-12-6-5-8-15-13(2)10-17-21-22-19(23(17)18(12)15)24-11-14-7-3-4-9-16(14)20/h3-10H,11H2,1-2H3. The lowest BCUT2D eigenvalue weighted by Crippen LogP contribution is -1.96. The molecule has 2 aromatic carbocycles. The van der Waals surface area contributed by atoms with E-state index in [0.717, 1.165) is 16.3 Å². The Morgan fingerprint density at radius 2 is 1.83 bits per heavy atom. The molecule has 0 saturated carbocycles. The van der Waals surface area contributed by atoms with Crippen molar-refractivity contribution in [3.63, 3.8) is 0 Å². The fourth-order valence-electron chi connectivity index (χ4n) is 2.98. The fraction of sp³-hybridized carbons (Fsp3) is 0.158. The summed E-state index contributed by atoms with van der Waals surface area (Å²) in [4.78, 5) is 0. The Labute approximate surface area is 143 Å². The molecule has 24 heavy (non-hydrogen) atoms. The molecule has 0 aliphatic heterocycles. The third kappa shape index (κ3) is 2.45. The second kappa shape index (κ2) is 5.91.